The zero-order chi connectivity index (χ0) is 24.1. The molecule has 3 aromatic rings. The van der Waals surface area contributed by atoms with Gasteiger partial charge in [0.05, 0.1) is 23.1 Å². The van der Waals surface area contributed by atoms with Gasteiger partial charge in [-0.1, -0.05) is 48.5 Å². The van der Waals surface area contributed by atoms with Gasteiger partial charge in [0.25, 0.3) is 5.91 Å². The fraction of sp³-hybridized carbons (Fsp3) is 0.200. The molecule has 1 aliphatic heterocycles. The van der Waals surface area contributed by atoms with Crippen LogP contribution in [0.5, 0.6) is 0 Å². The van der Waals surface area contributed by atoms with Gasteiger partial charge in [0.15, 0.2) is 10.8 Å². The minimum Gasteiger partial charge on any atom is -0.302 e. The maximum atomic E-state index is 13.7. The predicted octanol–water partition coefficient (Wildman–Crippen LogP) is 5.70. The van der Waals surface area contributed by atoms with Crippen LogP contribution in [-0.2, 0) is 11.0 Å². The summed E-state index contributed by atoms with van der Waals surface area (Å²) in [6.07, 6.45) is -1.85. The lowest BCUT2D eigenvalue weighted by molar-refractivity contribution is -0.138. The molecule has 2 heterocycles. The molecule has 1 spiro atoms. The molecule has 1 saturated carbocycles. The first-order chi connectivity index (χ1) is 16.3. The van der Waals surface area contributed by atoms with E-state index in [1.807, 2.05) is 54.6 Å². The molecule has 0 bridgehead atoms. The first kappa shape index (κ1) is 22.0. The Morgan fingerprint density at radius 2 is 1.74 bits per heavy atom. The zero-order valence-electron chi connectivity index (χ0n) is 17.7. The Bertz CT molecular complexity index is 1350. The van der Waals surface area contributed by atoms with Crippen molar-refractivity contribution in [3.8, 4) is 17.2 Å². The summed E-state index contributed by atoms with van der Waals surface area (Å²) in [5.41, 5.74) is -0.513. The Morgan fingerprint density at radius 3 is 2.35 bits per heavy atom. The van der Waals surface area contributed by atoms with Crippen molar-refractivity contribution in [1.29, 1.82) is 5.26 Å². The summed E-state index contributed by atoms with van der Waals surface area (Å²) in [7, 11) is 0. The van der Waals surface area contributed by atoms with Crippen LogP contribution < -0.4 is 9.80 Å². The number of alkyl halides is 3. The molecule has 2 aromatic carbocycles. The molecule has 0 unspecified atom stereocenters. The third-order valence-corrected chi connectivity index (χ3v) is 6.73. The van der Waals surface area contributed by atoms with E-state index in [1.165, 1.54) is 6.07 Å². The quantitative estimate of drug-likeness (QED) is 0.452. The fourth-order valence-electron chi connectivity index (χ4n) is 4.60. The standard InChI is InChI=1S/C25H17F3N4OS/c26-25(27,28)19-13-17(15-30-20(19)14-29)31-22(33)24(11-6-12-24)32(23(31)34)21-10-5-4-9-18(21)16-7-2-1-3-8-16/h1-5,7-10,13,15H,6,11-12H2. The predicted molar refractivity (Wildman–Crippen MR) is 125 cm³/mol. The van der Waals surface area contributed by atoms with Gasteiger partial charge in [0.2, 0.25) is 0 Å². The molecule has 5 nitrogen and oxygen atoms in total. The van der Waals surface area contributed by atoms with Crippen LogP contribution >= 0.6 is 12.2 Å². The number of nitrogens with zero attached hydrogens (tertiary/aromatic N) is 4. The first-order valence-corrected chi connectivity index (χ1v) is 11.0. The topological polar surface area (TPSA) is 60.2 Å². The molecule has 0 atom stereocenters. The minimum atomic E-state index is -4.80. The largest absolute Gasteiger partial charge is 0.419 e. The molecule has 0 radical (unpaired) electrons. The van der Waals surface area contributed by atoms with Gasteiger partial charge in [0.1, 0.15) is 11.6 Å². The van der Waals surface area contributed by atoms with Crippen LogP contribution in [0.25, 0.3) is 11.1 Å². The Balaban J connectivity index is 1.65. The van der Waals surface area contributed by atoms with E-state index < -0.39 is 23.0 Å². The van der Waals surface area contributed by atoms with Crippen molar-refractivity contribution in [2.24, 2.45) is 0 Å². The van der Waals surface area contributed by atoms with E-state index in [9.17, 15) is 18.0 Å². The van der Waals surface area contributed by atoms with Crippen LogP contribution in [-0.4, -0.2) is 21.5 Å². The molecule has 1 saturated heterocycles. The van der Waals surface area contributed by atoms with Crippen molar-refractivity contribution in [3.63, 3.8) is 0 Å². The summed E-state index contributed by atoms with van der Waals surface area (Å²) in [6, 6.07) is 19.4. The number of thiocarbonyl (C=S) groups is 1. The maximum absolute atomic E-state index is 13.7. The summed E-state index contributed by atoms with van der Waals surface area (Å²) < 4.78 is 40.7. The molecule has 170 valence electrons. The average Bonchev–Trinajstić information content (AvgIpc) is 3.05. The van der Waals surface area contributed by atoms with Crippen molar-refractivity contribution in [1.82, 2.24) is 4.98 Å². The van der Waals surface area contributed by atoms with Gasteiger partial charge in [0, 0.05) is 5.56 Å². The maximum Gasteiger partial charge on any atom is 0.419 e. The highest BCUT2D eigenvalue weighted by Crippen LogP contribution is 2.50. The highest BCUT2D eigenvalue weighted by molar-refractivity contribution is 7.81. The minimum absolute atomic E-state index is 0.0905. The molecular formula is C25H17F3N4OS. The van der Waals surface area contributed by atoms with Crippen LogP contribution in [0.3, 0.4) is 0 Å². The Morgan fingerprint density at radius 1 is 1.06 bits per heavy atom. The molecule has 1 aromatic heterocycles. The van der Waals surface area contributed by atoms with E-state index in [0.717, 1.165) is 34.7 Å². The SMILES string of the molecule is N#Cc1ncc(N2C(=O)C3(CCC3)N(c3ccccc3-c3ccccc3)C2=S)cc1C(F)(F)F. The number of hydrogen-bond donors (Lipinski definition) is 0. The highest BCUT2D eigenvalue weighted by atomic mass is 32.1. The summed E-state index contributed by atoms with van der Waals surface area (Å²) in [4.78, 5) is 20.3. The molecule has 0 N–H and O–H groups in total. The number of para-hydroxylation sites is 1. The fourth-order valence-corrected chi connectivity index (χ4v) is 5.06. The van der Waals surface area contributed by atoms with E-state index in [2.05, 4.69) is 4.98 Å². The van der Waals surface area contributed by atoms with Gasteiger partial charge in [-0.3, -0.25) is 9.69 Å². The van der Waals surface area contributed by atoms with Gasteiger partial charge >= 0.3 is 6.18 Å². The second-order valence-electron chi connectivity index (χ2n) is 8.23. The molecule has 34 heavy (non-hydrogen) atoms. The second kappa shape index (κ2) is 7.92. The number of carbonyl (C=O) groups is 1. The van der Waals surface area contributed by atoms with Crippen LogP contribution in [0.2, 0.25) is 0 Å². The Labute approximate surface area is 199 Å². The van der Waals surface area contributed by atoms with E-state index in [4.69, 9.17) is 17.5 Å². The molecule has 1 amide bonds. The van der Waals surface area contributed by atoms with Crippen LogP contribution in [0.1, 0.15) is 30.5 Å². The van der Waals surface area contributed by atoms with E-state index in [-0.39, 0.29) is 16.7 Å². The van der Waals surface area contributed by atoms with E-state index >= 15 is 0 Å². The average molecular weight is 478 g/mol. The summed E-state index contributed by atoms with van der Waals surface area (Å²) >= 11 is 5.72. The van der Waals surface area contributed by atoms with Gasteiger partial charge in [-0.05, 0) is 49.2 Å². The number of benzene rings is 2. The van der Waals surface area contributed by atoms with Crippen molar-refractivity contribution in [3.05, 3.63) is 78.1 Å². The number of halogens is 3. The third kappa shape index (κ3) is 3.25. The van der Waals surface area contributed by atoms with Crippen molar-refractivity contribution in [2.45, 2.75) is 31.0 Å². The number of aromatic nitrogens is 1. The number of amides is 1. The Hall–Kier alpha value is -3.77. The second-order valence-corrected chi connectivity index (χ2v) is 8.59. The number of rotatable bonds is 3. The molecule has 5 rings (SSSR count). The van der Waals surface area contributed by atoms with Gasteiger partial charge < -0.3 is 4.90 Å². The molecule has 1 aliphatic carbocycles. The lowest BCUT2D eigenvalue weighted by Crippen LogP contribution is -2.55. The number of hydrogen-bond acceptors (Lipinski definition) is 4. The van der Waals surface area contributed by atoms with E-state index in [0.29, 0.717) is 18.5 Å². The molecule has 2 aliphatic rings. The lowest BCUT2D eigenvalue weighted by Gasteiger charge is -2.43. The Kier molecular flexibility index (Phi) is 5.14. The zero-order valence-corrected chi connectivity index (χ0v) is 18.5. The van der Waals surface area contributed by atoms with Crippen LogP contribution in [0, 0.1) is 11.3 Å². The van der Waals surface area contributed by atoms with Crippen LogP contribution in [0.4, 0.5) is 24.5 Å². The number of pyridine rings is 1. The van der Waals surface area contributed by atoms with Crippen molar-refractivity contribution >= 4 is 34.6 Å². The molecule has 9 heteroatoms. The summed E-state index contributed by atoms with van der Waals surface area (Å²) in [6.45, 7) is 0. The number of carbonyl (C=O) groups excluding carboxylic acids is 1. The molecule has 2 fully saturated rings. The van der Waals surface area contributed by atoms with Gasteiger partial charge in [-0.2, -0.15) is 18.4 Å². The van der Waals surface area contributed by atoms with Crippen LogP contribution in [0.15, 0.2) is 66.9 Å². The number of nitriles is 1. The lowest BCUT2D eigenvalue weighted by atomic mass is 9.75. The number of anilines is 2. The third-order valence-electron chi connectivity index (χ3n) is 6.37. The highest BCUT2D eigenvalue weighted by Gasteiger charge is 2.60. The van der Waals surface area contributed by atoms with Gasteiger partial charge in [-0.15, -0.1) is 0 Å². The van der Waals surface area contributed by atoms with E-state index in [1.54, 1.807) is 4.90 Å². The normalized spacial score (nSPS) is 17.1. The monoisotopic (exact) mass is 478 g/mol. The first-order valence-electron chi connectivity index (χ1n) is 10.6. The summed E-state index contributed by atoms with van der Waals surface area (Å²) in [5, 5.41) is 9.17. The summed E-state index contributed by atoms with van der Waals surface area (Å²) in [5.74, 6) is -0.383. The van der Waals surface area contributed by atoms with Crippen molar-refractivity contribution < 1.29 is 18.0 Å². The van der Waals surface area contributed by atoms with Crippen molar-refractivity contribution in [2.75, 3.05) is 9.80 Å². The smallest absolute Gasteiger partial charge is 0.302 e. The molecular weight excluding hydrogens is 461 g/mol. The van der Waals surface area contributed by atoms with Gasteiger partial charge in [-0.25, -0.2) is 4.98 Å².